The van der Waals surface area contributed by atoms with Gasteiger partial charge in [0.15, 0.2) is 0 Å². The van der Waals surface area contributed by atoms with Gasteiger partial charge in [-0.3, -0.25) is 81.5 Å². The molecule has 3 aromatic heterocycles. The molecule has 0 unspecified atom stereocenters. The third kappa shape index (κ3) is 25.5. The molecule has 45 heteroatoms. The molecular weight excluding hydrogens is 1730 g/mol. The third-order valence-corrected chi connectivity index (χ3v) is 23.4. The van der Waals surface area contributed by atoms with Crippen LogP contribution in [0.4, 0.5) is 20.6 Å². The number of likely N-dealkylation sites (N-methyl/N-ethyl adjacent to an activating group) is 10. The molecule has 0 saturated carbocycles. The smallest absolute Gasteiger partial charge is 0.407 e. The number of pyridine rings is 2. The van der Waals surface area contributed by atoms with Gasteiger partial charge in [-0.2, -0.15) is 0 Å². The number of alkyl carbamates (subject to hydrolysis) is 1. The normalized spacial score (nSPS) is 14.1. The molecule has 0 bridgehead atoms. The molecule has 3 aliphatic rings. The number of amides is 16. The van der Waals surface area contributed by atoms with E-state index in [0.717, 1.165) is 55.9 Å². The number of nitrogens with zero attached hydrogens (tertiary/aromatic N) is 14. The number of carbonyl (C=O) groups excluding carboxylic acids is 17. The zero-order valence-corrected chi connectivity index (χ0v) is 76.7. The standard InChI is InChI=1S/C86H109FN20O23S/c1-18-54-56-31-63-78-57(33-107(63)83(123)58(56)45-128-84(54)124)76-60(28-27-55-47(4)59(87)32-62(92-78)75(55)76)93-85(125)129-44-50-19-23-52(24-20-50)89-79(120)48(5)88-81(122)77(46(2)3)94-64(109)30-29-61(80(121)90-53-25-21-51(22-26-53)82-95-96-86(130-82)131(17,126)127)91-65(110)34-98(8)67(112)36-100(10)69(114)38-102(12)71(116)40-104(14)73(118)42-106(16)74(119)43-105(15)72(117)41-103(13)70(115)39-101(11)68(113)37-99(9)66(111)35-97(7)49(6)108/h19-26,31-32,46,48,54,60-61,77H,18,27-30,33-45H2,1-17H3,(H,88,122)(H,89,120)(H,90,121)(H,91,110)(H,93,125)(H,94,109)/t48-,54+,60-,61+,77-/m0/s1. The third-order valence-electron chi connectivity index (χ3n) is 22.6. The number of carbonyl (C=O) groups is 17. The predicted molar refractivity (Wildman–Crippen MR) is 467 cm³/mol. The maximum absolute atomic E-state index is 15.6. The summed E-state index contributed by atoms with van der Waals surface area (Å²) in [5.41, 5.74) is 5.63. The molecule has 704 valence electrons. The van der Waals surface area contributed by atoms with E-state index in [1.54, 1.807) is 55.7 Å². The first-order valence-electron chi connectivity index (χ1n) is 41.7. The van der Waals surface area contributed by atoms with Crippen LogP contribution in [0, 0.1) is 18.7 Å². The second-order valence-electron chi connectivity index (χ2n) is 33.1. The van der Waals surface area contributed by atoms with E-state index in [9.17, 15) is 94.7 Å². The average Bonchev–Trinajstić information content (AvgIpc) is 1.37. The van der Waals surface area contributed by atoms with Crippen LogP contribution < -0.4 is 37.5 Å². The van der Waals surface area contributed by atoms with E-state index in [1.165, 1.54) is 120 Å². The first kappa shape index (κ1) is 101. The molecule has 3 aromatic carbocycles. The zero-order valence-electron chi connectivity index (χ0n) is 75.9. The van der Waals surface area contributed by atoms with Crippen molar-refractivity contribution in [3.8, 4) is 22.8 Å². The van der Waals surface area contributed by atoms with Gasteiger partial charge < -0.3 is 99.4 Å². The van der Waals surface area contributed by atoms with Crippen LogP contribution in [0.25, 0.3) is 33.7 Å². The lowest BCUT2D eigenvalue weighted by Gasteiger charge is -2.29. The van der Waals surface area contributed by atoms with E-state index in [0.29, 0.717) is 80.6 Å². The molecule has 0 spiro atoms. The van der Waals surface area contributed by atoms with Crippen molar-refractivity contribution in [3.05, 3.63) is 116 Å². The number of sulfone groups is 1. The van der Waals surface area contributed by atoms with Crippen LogP contribution in [0.1, 0.15) is 111 Å². The van der Waals surface area contributed by atoms with Gasteiger partial charge in [0.25, 0.3) is 5.56 Å². The molecule has 16 amide bonds. The monoisotopic (exact) mass is 1840 g/mol. The van der Waals surface area contributed by atoms with E-state index in [1.807, 2.05) is 6.92 Å². The van der Waals surface area contributed by atoms with Gasteiger partial charge in [0.05, 0.1) is 106 Å². The minimum absolute atomic E-state index is 0.107. The number of hydrogen-bond acceptors (Lipinski definition) is 26. The van der Waals surface area contributed by atoms with Gasteiger partial charge in [-0.05, 0) is 116 Å². The summed E-state index contributed by atoms with van der Waals surface area (Å²) < 4.78 is 57.5. The lowest BCUT2D eigenvalue weighted by Crippen LogP contribution is -2.54. The number of halogens is 1. The Hall–Kier alpha value is -14.2. The quantitative estimate of drug-likeness (QED) is 0.0275. The summed E-state index contributed by atoms with van der Waals surface area (Å²) in [5.74, 6) is -12.7. The maximum atomic E-state index is 15.6. The van der Waals surface area contributed by atoms with Gasteiger partial charge in [0.1, 0.15) is 37.2 Å². The van der Waals surface area contributed by atoms with Gasteiger partial charge in [0, 0.05) is 124 Å². The number of fused-ring (bicyclic) bond motifs is 5. The van der Waals surface area contributed by atoms with Crippen molar-refractivity contribution in [3.63, 3.8) is 0 Å². The van der Waals surface area contributed by atoms with Crippen LogP contribution in [0.5, 0.6) is 0 Å². The van der Waals surface area contributed by atoms with Crippen molar-refractivity contribution in [1.29, 1.82) is 0 Å². The fourth-order valence-electron chi connectivity index (χ4n) is 14.4. The number of benzene rings is 3. The number of anilines is 2. The van der Waals surface area contributed by atoms with Crippen molar-refractivity contribution in [2.45, 2.75) is 129 Å². The molecule has 0 fully saturated rings. The summed E-state index contributed by atoms with van der Waals surface area (Å²) in [6.07, 6.45) is 0.356. The number of hydrogen-bond donors (Lipinski definition) is 6. The van der Waals surface area contributed by atoms with Crippen molar-refractivity contribution < 1.29 is 108 Å². The molecule has 6 aromatic rings. The van der Waals surface area contributed by atoms with Gasteiger partial charge in [-0.1, -0.05) is 38.0 Å². The minimum Gasteiger partial charge on any atom is -0.460 e. The fraction of sp³-hybridized carbons (Fsp3) is 0.477. The number of ether oxygens (including phenoxy) is 2. The summed E-state index contributed by atoms with van der Waals surface area (Å²) in [6, 6.07) is 10.5. The largest absolute Gasteiger partial charge is 0.460 e. The highest BCUT2D eigenvalue weighted by molar-refractivity contribution is 7.90. The van der Waals surface area contributed by atoms with E-state index >= 15 is 4.39 Å². The highest BCUT2D eigenvalue weighted by Crippen LogP contribution is 2.46. The molecule has 2 aliphatic heterocycles. The highest BCUT2D eigenvalue weighted by atomic mass is 32.2. The second-order valence-corrected chi connectivity index (χ2v) is 35.0. The van der Waals surface area contributed by atoms with Crippen LogP contribution in [0.3, 0.4) is 0 Å². The van der Waals surface area contributed by atoms with Crippen molar-refractivity contribution in [2.75, 3.05) is 153 Å². The first-order chi connectivity index (χ1) is 61.5. The number of rotatable bonds is 38. The van der Waals surface area contributed by atoms with Gasteiger partial charge in [-0.25, -0.2) is 22.6 Å². The van der Waals surface area contributed by atoms with Gasteiger partial charge in [0.2, 0.25) is 104 Å². The van der Waals surface area contributed by atoms with E-state index < -0.39 is 223 Å². The Morgan fingerprint density at radius 3 is 1.52 bits per heavy atom. The molecule has 5 heterocycles. The summed E-state index contributed by atoms with van der Waals surface area (Å²) in [4.78, 5) is 255. The number of esters is 1. The predicted octanol–water partition coefficient (Wildman–Crippen LogP) is -0.118. The van der Waals surface area contributed by atoms with E-state index in [2.05, 4.69) is 42.1 Å². The van der Waals surface area contributed by atoms with Gasteiger partial charge >= 0.3 is 17.3 Å². The molecule has 43 nitrogen and oxygen atoms in total. The summed E-state index contributed by atoms with van der Waals surface area (Å²) >= 11 is 0. The minimum atomic E-state index is -3.86. The maximum Gasteiger partial charge on any atom is 0.407 e. The number of cyclic esters (lactones) is 1. The van der Waals surface area contributed by atoms with Crippen molar-refractivity contribution in [2.24, 2.45) is 5.92 Å². The average molecular weight is 1840 g/mol. The highest BCUT2D eigenvalue weighted by Gasteiger charge is 2.40. The number of nitrogens with one attached hydrogen (secondary N) is 6. The topological polar surface area (TPSA) is 521 Å². The Morgan fingerprint density at radius 1 is 0.580 bits per heavy atom. The lowest BCUT2D eigenvalue weighted by molar-refractivity contribution is -0.148. The van der Waals surface area contributed by atoms with E-state index in [4.69, 9.17) is 18.9 Å². The SMILES string of the molecule is CC[C@H]1C(=O)OCc2c1cc1n(c2=O)Cc2c-1nc1cc(F)c(C)c3c1c2[C@@H](NC(=O)OCc1ccc(NC(=O)[C@H](C)NC(=O)[C@@H](NC(=O)CC[C@@H](NC(=O)CN(C)C(=O)CN(C)C(=O)CN(C)C(=O)CN(C)C(=O)CN(C)C(=O)CN(C)C(=O)CN(C)C(=O)CN(C)C(=O)CN(C)C(=O)CN(C)C(C)=O)C(=O)Nc2ccc(-c4nnc(S(C)(=O)=O)o4)cc2)C(C)C)cc1)CC3. The van der Waals surface area contributed by atoms with Crippen LogP contribution in [0.15, 0.2) is 75.1 Å². The summed E-state index contributed by atoms with van der Waals surface area (Å²) in [7, 11) is 9.13. The Kier molecular flexibility index (Phi) is 33.2. The molecule has 9 rings (SSSR count). The van der Waals surface area contributed by atoms with Crippen LogP contribution >= 0.6 is 0 Å². The molecule has 0 radical (unpaired) electrons. The lowest BCUT2D eigenvalue weighted by atomic mass is 9.81. The number of aromatic nitrogens is 4. The van der Waals surface area contributed by atoms with Crippen molar-refractivity contribution >= 4 is 133 Å². The van der Waals surface area contributed by atoms with Crippen LogP contribution in [0.2, 0.25) is 0 Å². The Balaban J connectivity index is 0.731. The molecule has 6 N–H and O–H groups in total. The molecule has 131 heavy (non-hydrogen) atoms. The van der Waals surface area contributed by atoms with E-state index in [-0.39, 0.29) is 54.9 Å². The first-order valence-corrected chi connectivity index (χ1v) is 43.6. The molecular formula is C86H109FN20O23S. The molecule has 1 aliphatic carbocycles. The fourth-order valence-corrected chi connectivity index (χ4v) is 14.8. The Morgan fingerprint density at radius 2 is 1.05 bits per heavy atom. The molecule has 0 saturated heterocycles. The summed E-state index contributed by atoms with van der Waals surface area (Å²) in [5, 5.41) is 23.5. The zero-order chi connectivity index (χ0) is 96.8. The Bertz CT molecular complexity index is 5690. The molecule has 5 atom stereocenters. The second kappa shape index (κ2) is 43.3. The van der Waals surface area contributed by atoms with Gasteiger partial charge in [-0.15, -0.1) is 5.10 Å². The van der Waals surface area contributed by atoms with Crippen LogP contribution in [-0.2, 0) is 122 Å². The van der Waals surface area contributed by atoms with Crippen LogP contribution in [-0.4, -0.2) is 338 Å². The van der Waals surface area contributed by atoms with Crippen molar-refractivity contribution in [1.82, 2.24) is 90.0 Å². The number of aryl methyl sites for hydroxylation is 1. The summed E-state index contributed by atoms with van der Waals surface area (Å²) in [6.45, 7) is 4.00. The Labute approximate surface area is 753 Å².